The second-order valence-corrected chi connectivity index (χ2v) is 5.96. The Labute approximate surface area is 153 Å². The van der Waals surface area contributed by atoms with Crippen molar-refractivity contribution in [1.29, 1.82) is 0 Å². The monoisotopic (exact) mass is 364 g/mol. The van der Waals surface area contributed by atoms with Crippen LogP contribution in [0.3, 0.4) is 0 Å². The summed E-state index contributed by atoms with van der Waals surface area (Å²) in [4.78, 5) is 33.3. The Morgan fingerprint density at radius 1 is 1.26 bits per heavy atom. The molecule has 0 aliphatic carbocycles. The first-order valence-electron chi connectivity index (χ1n) is 8.21. The molecule has 0 unspecified atom stereocenters. The number of ether oxygens (including phenoxy) is 1. The minimum Gasteiger partial charge on any atom is -0.375 e. The van der Waals surface area contributed by atoms with Gasteiger partial charge in [-0.3, -0.25) is 15.0 Å². The molecule has 0 fully saturated rings. The summed E-state index contributed by atoms with van der Waals surface area (Å²) < 4.78 is 7.49. The van der Waals surface area contributed by atoms with E-state index in [9.17, 15) is 9.59 Å². The van der Waals surface area contributed by atoms with Crippen molar-refractivity contribution in [2.45, 2.75) is 6.92 Å². The van der Waals surface area contributed by atoms with Gasteiger partial charge in [0, 0.05) is 24.6 Å². The minimum absolute atomic E-state index is 0.148. The van der Waals surface area contributed by atoms with Crippen LogP contribution in [0.4, 0.5) is 0 Å². The first kappa shape index (κ1) is 16.9. The molecule has 0 aliphatic heterocycles. The fraction of sp³-hybridized carbons (Fsp3) is 0.167. The van der Waals surface area contributed by atoms with Gasteiger partial charge in [-0.25, -0.2) is 9.66 Å². The molecule has 4 rings (SSSR count). The van der Waals surface area contributed by atoms with Gasteiger partial charge in [-0.2, -0.15) is 9.50 Å². The maximum absolute atomic E-state index is 12.8. The van der Waals surface area contributed by atoms with E-state index < -0.39 is 11.5 Å². The summed E-state index contributed by atoms with van der Waals surface area (Å²) in [7, 11) is 1.41. The van der Waals surface area contributed by atoms with Crippen molar-refractivity contribution in [3.8, 4) is 11.4 Å². The summed E-state index contributed by atoms with van der Waals surface area (Å²) >= 11 is 0. The molecule has 0 radical (unpaired) electrons. The van der Waals surface area contributed by atoms with Crippen LogP contribution in [0.15, 0.2) is 47.4 Å². The topological polar surface area (TPSA) is 103 Å². The maximum Gasteiger partial charge on any atom is 0.280 e. The van der Waals surface area contributed by atoms with Crippen LogP contribution in [-0.2, 0) is 9.53 Å². The van der Waals surface area contributed by atoms with Crippen molar-refractivity contribution in [3.63, 3.8) is 0 Å². The van der Waals surface area contributed by atoms with E-state index in [2.05, 4.69) is 20.5 Å². The van der Waals surface area contributed by atoms with Crippen molar-refractivity contribution in [1.82, 2.24) is 24.3 Å². The largest absolute Gasteiger partial charge is 0.375 e. The van der Waals surface area contributed by atoms with Gasteiger partial charge in [0.2, 0.25) is 0 Å². The lowest BCUT2D eigenvalue weighted by atomic mass is 10.2. The number of nitrogens with zero attached hydrogens (tertiary/aromatic N) is 5. The fourth-order valence-corrected chi connectivity index (χ4v) is 2.83. The van der Waals surface area contributed by atoms with E-state index in [0.29, 0.717) is 28.2 Å². The van der Waals surface area contributed by atoms with Gasteiger partial charge in [-0.05, 0) is 13.0 Å². The van der Waals surface area contributed by atoms with E-state index in [4.69, 9.17) is 4.74 Å². The van der Waals surface area contributed by atoms with Gasteiger partial charge in [-0.15, -0.1) is 5.10 Å². The van der Waals surface area contributed by atoms with Gasteiger partial charge in [0.15, 0.2) is 5.82 Å². The average Bonchev–Trinajstić information content (AvgIpc) is 3.11. The van der Waals surface area contributed by atoms with Crippen molar-refractivity contribution in [2.75, 3.05) is 19.1 Å². The summed E-state index contributed by atoms with van der Waals surface area (Å²) in [5.41, 5.74) is 4.08. The molecule has 0 aliphatic rings. The van der Waals surface area contributed by atoms with Crippen molar-refractivity contribution < 1.29 is 9.53 Å². The second-order valence-electron chi connectivity index (χ2n) is 5.96. The lowest BCUT2D eigenvalue weighted by Gasteiger charge is -2.12. The molecule has 3 aromatic heterocycles. The normalized spacial score (nSPS) is 11.2. The summed E-state index contributed by atoms with van der Waals surface area (Å²) in [5, 5.41) is 4.82. The van der Waals surface area contributed by atoms with Crippen molar-refractivity contribution >= 4 is 22.6 Å². The Kier molecular flexibility index (Phi) is 4.13. The molecule has 0 spiro atoms. The summed E-state index contributed by atoms with van der Waals surface area (Å²) in [6.45, 7) is 1.57. The zero-order valence-electron chi connectivity index (χ0n) is 14.7. The van der Waals surface area contributed by atoms with Crippen molar-refractivity contribution in [3.05, 3.63) is 58.6 Å². The third-order valence-electron chi connectivity index (χ3n) is 4.08. The minimum atomic E-state index is -0.428. The van der Waals surface area contributed by atoms with E-state index in [1.807, 2.05) is 30.3 Å². The highest BCUT2D eigenvalue weighted by molar-refractivity contribution is 5.86. The van der Waals surface area contributed by atoms with Crippen molar-refractivity contribution in [2.24, 2.45) is 0 Å². The molecular formula is C18H16N6O3. The summed E-state index contributed by atoms with van der Waals surface area (Å²) in [6.07, 6.45) is 1.44. The fourth-order valence-electron chi connectivity index (χ4n) is 2.83. The van der Waals surface area contributed by atoms with Gasteiger partial charge < -0.3 is 4.74 Å². The van der Waals surface area contributed by atoms with Crippen LogP contribution < -0.4 is 11.0 Å². The Hall–Kier alpha value is -3.59. The highest BCUT2D eigenvalue weighted by atomic mass is 16.5. The lowest BCUT2D eigenvalue weighted by Crippen LogP contribution is -2.36. The van der Waals surface area contributed by atoms with E-state index in [0.717, 1.165) is 5.56 Å². The van der Waals surface area contributed by atoms with E-state index >= 15 is 0 Å². The second kappa shape index (κ2) is 6.61. The number of nitrogens with one attached hydrogen (secondary N) is 1. The number of benzene rings is 1. The smallest absolute Gasteiger partial charge is 0.280 e. The van der Waals surface area contributed by atoms with E-state index in [1.54, 1.807) is 13.0 Å². The SMILES string of the molecule is COCC(=O)Nn1c(C)cc2c(cnc3nc(-c4ccccc4)nn32)c1=O. The molecular weight excluding hydrogens is 348 g/mol. The molecule has 4 aromatic rings. The van der Waals surface area contributed by atoms with Gasteiger partial charge >= 0.3 is 0 Å². The molecule has 9 nitrogen and oxygen atoms in total. The lowest BCUT2D eigenvalue weighted by molar-refractivity contribution is -0.120. The predicted molar refractivity (Wildman–Crippen MR) is 99.0 cm³/mol. The first-order valence-corrected chi connectivity index (χ1v) is 8.21. The molecule has 0 atom stereocenters. The Bertz CT molecular complexity index is 1210. The highest BCUT2D eigenvalue weighted by Gasteiger charge is 2.15. The third kappa shape index (κ3) is 2.93. The van der Waals surface area contributed by atoms with E-state index in [-0.39, 0.29) is 6.61 Å². The molecule has 3 heterocycles. The molecule has 1 N–H and O–H groups in total. The summed E-state index contributed by atoms with van der Waals surface area (Å²) in [6, 6.07) is 11.3. The molecule has 0 saturated carbocycles. The molecule has 27 heavy (non-hydrogen) atoms. The van der Waals surface area contributed by atoms with Crippen LogP contribution in [0, 0.1) is 6.92 Å². The standard InChI is InChI=1S/C18H16N6O3/c1-11-8-14-13(17(26)23(11)21-15(25)10-27-2)9-19-18-20-16(22-24(14)18)12-6-4-3-5-7-12/h3-9H,10H2,1-2H3,(H,21,25). The quantitative estimate of drug-likeness (QED) is 0.582. The summed E-state index contributed by atoms with van der Waals surface area (Å²) in [5.74, 6) is 0.482. The van der Waals surface area contributed by atoms with Gasteiger partial charge in [-0.1, -0.05) is 30.3 Å². The van der Waals surface area contributed by atoms with E-state index in [1.165, 1.54) is 22.5 Å². The number of methoxy groups -OCH3 is 1. The number of carbonyl (C=O) groups excluding carboxylic acids is 1. The molecule has 9 heteroatoms. The Balaban J connectivity index is 1.89. The highest BCUT2D eigenvalue weighted by Crippen LogP contribution is 2.18. The molecule has 1 aromatic carbocycles. The van der Waals surface area contributed by atoms with Crippen LogP contribution >= 0.6 is 0 Å². The number of carbonyl (C=O) groups is 1. The number of rotatable bonds is 4. The number of aromatic nitrogens is 5. The zero-order chi connectivity index (χ0) is 19.0. The van der Waals surface area contributed by atoms with Gasteiger partial charge in [0.25, 0.3) is 17.2 Å². The van der Waals surface area contributed by atoms with Gasteiger partial charge in [0.05, 0.1) is 10.9 Å². The molecule has 136 valence electrons. The molecule has 0 bridgehead atoms. The van der Waals surface area contributed by atoms with Gasteiger partial charge in [0.1, 0.15) is 6.61 Å². The predicted octanol–water partition coefficient (Wildman–Crippen LogP) is 1.13. The number of pyridine rings is 1. The number of hydrogen-bond acceptors (Lipinski definition) is 6. The van der Waals surface area contributed by atoms with Crippen LogP contribution in [0.5, 0.6) is 0 Å². The van der Waals surface area contributed by atoms with Crippen LogP contribution in [0.25, 0.3) is 28.1 Å². The first-order chi connectivity index (χ1) is 13.1. The van der Waals surface area contributed by atoms with Crippen LogP contribution in [0.2, 0.25) is 0 Å². The zero-order valence-corrected chi connectivity index (χ0v) is 14.7. The third-order valence-corrected chi connectivity index (χ3v) is 4.08. The Morgan fingerprint density at radius 3 is 2.78 bits per heavy atom. The maximum atomic E-state index is 12.8. The number of hydrogen-bond donors (Lipinski definition) is 1. The molecule has 0 saturated heterocycles. The number of fused-ring (bicyclic) bond motifs is 3. The number of amides is 1. The van der Waals surface area contributed by atoms with Crippen LogP contribution in [0.1, 0.15) is 5.69 Å². The average molecular weight is 364 g/mol. The molecule has 1 amide bonds. The number of aryl methyl sites for hydroxylation is 1. The Morgan fingerprint density at radius 2 is 2.04 bits per heavy atom. The van der Waals surface area contributed by atoms with Crippen LogP contribution in [-0.4, -0.2) is 43.9 Å².